The Morgan fingerprint density at radius 2 is 1.86 bits per heavy atom. The van der Waals surface area contributed by atoms with Gasteiger partial charge in [0.15, 0.2) is 17.5 Å². The zero-order chi connectivity index (χ0) is 31.6. The molecule has 0 unspecified atom stereocenters. The van der Waals surface area contributed by atoms with Gasteiger partial charge in [-0.05, 0) is 76.8 Å². The van der Waals surface area contributed by atoms with E-state index in [0.29, 0.717) is 22.4 Å². The first-order valence-corrected chi connectivity index (χ1v) is 14.7. The van der Waals surface area contributed by atoms with Crippen LogP contribution in [0.5, 0.6) is 0 Å². The SMILES string of the molecule is CC/C(C)=C(C(=C\N)\C(C)=NC)/C(=C(\N=C(/C)N(C)c1c(F)cc(SC)cc1F)Nc1cc(C)[nH]n1)C1CC1.O=CO. The van der Waals surface area contributed by atoms with Gasteiger partial charge in [0, 0.05) is 53.8 Å². The molecule has 0 spiro atoms. The Morgan fingerprint density at radius 3 is 2.29 bits per heavy atom. The van der Waals surface area contributed by atoms with E-state index in [-0.39, 0.29) is 18.1 Å². The Kier molecular flexibility index (Phi) is 13.0. The zero-order valence-corrected chi connectivity index (χ0v) is 26.3. The Bertz CT molecular complexity index is 1400. The lowest BCUT2D eigenvalue weighted by Gasteiger charge is -2.24. The molecule has 0 aliphatic heterocycles. The summed E-state index contributed by atoms with van der Waals surface area (Å²) in [5, 5.41) is 17.6. The number of rotatable bonds is 10. The minimum absolute atomic E-state index is 0.158. The second-order valence-electron chi connectivity index (χ2n) is 9.76. The van der Waals surface area contributed by atoms with E-state index in [1.165, 1.54) is 28.8 Å². The van der Waals surface area contributed by atoms with Crippen LogP contribution in [0, 0.1) is 24.5 Å². The quantitative estimate of drug-likeness (QED) is 0.0786. The molecular weight excluding hydrogens is 560 g/mol. The number of allylic oxidation sites excluding steroid dienone is 4. The van der Waals surface area contributed by atoms with Crippen LogP contribution in [0.15, 0.2) is 67.4 Å². The number of H-pyrrole nitrogens is 1. The highest BCUT2D eigenvalue weighted by Crippen LogP contribution is 2.45. The molecule has 0 radical (unpaired) electrons. The van der Waals surface area contributed by atoms with E-state index in [4.69, 9.17) is 20.6 Å². The van der Waals surface area contributed by atoms with Crippen molar-refractivity contribution in [2.75, 3.05) is 30.6 Å². The van der Waals surface area contributed by atoms with Gasteiger partial charge in [0.2, 0.25) is 0 Å². The largest absolute Gasteiger partial charge is 0.483 e. The van der Waals surface area contributed by atoms with Crippen LogP contribution in [0.2, 0.25) is 0 Å². The molecule has 228 valence electrons. The van der Waals surface area contributed by atoms with Gasteiger partial charge in [0.05, 0.1) is 0 Å². The highest BCUT2D eigenvalue weighted by Gasteiger charge is 2.34. The van der Waals surface area contributed by atoms with Crippen LogP contribution in [-0.4, -0.2) is 53.7 Å². The van der Waals surface area contributed by atoms with Crippen molar-refractivity contribution in [2.24, 2.45) is 21.6 Å². The summed E-state index contributed by atoms with van der Waals surface area (Å²) in [6.45, 7) is 9.52. The summed E-state index contributed by atoms with van der Waals surface area (Å²) in [5.41, 5.74) is 11.7. The number of anilines is 2. The number of thioether (sulfide) groups is 1. The normalized spacial score (nSPS) is 15.3. The molecule has 12 heteroatoms. The van der Waals surface area contributed by atoms with Crippen LogP contribution in [0.1, 0.15) is 52.7 Å². The Labute approximate surface area is 250 Å². The van der Waals surface area contributed by atoms with E-state index in [0.717, 1.165) is 53.0 Å². The molecule has 1 heterocycles. The van der Waals surface area contributed by atoms with Crippen LogP contribution >= 0.6 is 11.8 Å². The van der Waals surface area contributed by atoms with E-state index in [1.807, 2.05) is 19.9 Å². The molecule has 3 rings (SSSR count). The van der Waals surface area contributed by atoms with Crippen LogP contribution in [0.4, 0.5) is 20.3 Å². The molecule has 1 aromatic heterocycles. The van der Waals surface area contributed by atoms with Crippen molar-refractivity contribution in [1.29, 1.82) is 0 Å². The summed E-state index contributed by atoms with van der Waals surface area (Å²) in [5.74, 6) is 0.497. The first-order chi connectivity index (χ1) is 20.0. The molecule has 0 bridgehead atoms. The van der Waals surface area contributed by atoms with Gasteiger partial charge in [0.25, 0.3) is 6.47 Å². The van der Waals surface area contributed by atoms with Crippen LogP contribution in [0.25, 0.3) is 0 Å². The third-order valence-corrected chi connectivity index (χ3v) is 7.61. The molecule has 2 aromatic rings. The summed E-state index contributed by atoms with van der Waals surface area (Å²) in [6, 6.07) is 4.55. The van der Waals surface area contributed by atoms with E-state index in [9.17, 15) is 0 Å². The molecule has 9 nitrogen and oxygen atoms in total. The number of benzene rings is 1. The minimum atomic E-state index is -0.647. The number of hydrogen-bond donors (Lipinski definition) is 4. The average Bonchev–Trinajstić information content (AvgIpc) is 3.71. The molecule has 0 atom stereocenters. The van der Waals surface area contributed by atoms with Gasteiger partial charge in [-0.15, -0.1) is 11.8 Å². The predicted molar refractivity (Wildman–Crippen MR) is 169 cm³/mol. The lowest BCUT2D eigenvalue weighted by molar-refractivity contribution is -0.122. The number of carboxylic acid groups (broad SMARTS) is 1. The number of hydrogen-bond acceptors (Lipinski definition) is 7. The maximum absolute atomic E-state index is 15.0. The Hall–Kier alpha value is -3.93. The molecule has 42 heavy (non-hydrogen) atoms. The first-order valence-electron chi connectivity index (χ1n) is 13.5. The van der Waals surface area contributed by atoms with Gasteiger partial charge < -0.3 is 21.1 Å². The third-order valence-electron chi connectivity index (χ3n) is 6.90. The maximum Gasteiger partial charge on any atom is 0.290 e. The van der Waals surface area contributed by atoms with E-state index >= 15 is 8.78 Å². The molecule has 1 saturated carbocycles. The van der Waals surface area contributed by atoms with Gasteiger partial charge in [-0.1, -0.05) is 12.5 Å². The van der Waals surface area contributed by atoms with Crippen LogP contribution in [0.3, 0.4) is 0 Å². The number of nitrogens with one attached hydrogen (secondary N) is 2. The summed E-state index contributed by atoms with van der Waals surface area (Å²) >= 11 is 1.28. The highest BCUT2D eigenvalue weighted by molar-refractivity contribution is 7.98. The molecule has 0 saturated heterocycles. The molecule has 1 aliphatic carbocycles. The van der Waals surface area contributed by atoms with Crippen molar-refractivity contribution in [1.82, 2.24) is 10.2 Å². The van der Waals surface area contributed by atoms with Crippen molar-refractivity contribution in [2.45, 2.75) is 58.8 Å². The summed E-state index contributed by atoms with van der Waals surface area (Å²) in [6.07, 6.45) is 6.16. The maximum atomic E-state index is 15.0. The number of halogens is 2. The fraction of sp³-hybridized carbons (Fsp3) is 0.400. The first kappa shape index (κ1) is 34.3. The van der Waals surface area contributed by atoms with Gasteiger partial charge in [0.1, 0.15) is 17.3 Å². The number of carbonyl (C=O) groups is 1. The lowest BCUT2D eigenvalue weighted by Crippen LogP contribution is -2.26. The van der Waals surface area contributed by atoms with E-state index in [1.54, 1.807) is 33.5 Å². The average molecular weight is 602 g/mol. The van der Waals surface area contributed by atoms with Crippen molar-refractivity contribution in [3.8, 4) is 0 Å². The van der Waals surface area contributed by atoms with Crippen molar-refractivity contribution in [3.05, 3.63) is 69.8 Å². The molecule has 5 N–H and O–H groups in total. The monoisotopic (exact) mass is 601 g/mol. The highest BCUT2D eigenvalue weighted by atomic mass is 32.2. The van der Waals surface area contributed by atoms with Gasteiger partial charge >= 0.3 is 0 Å². The van der Waals surface area contributed by atoms with Crippen molar-refractivity contribution < 1.29 is 18.7 Å². The Morgan fingerprint density at radius 1 is 1.26 bits per heavy atom. The predicted octanol–water partition coefficient (Wildman–Crippen LogP) is 6.67. The fourth-order valence-corrected chi connectivity index (χ4v) is 4.76. The number of nitrogens with zero attached hydrogens (tertiary/aromatic N) is 4. The molecule has 1 aliphatic rings. The summed E-state index contributed by atoms with van der Waals surface area (Å²) in [7, 11) is 3.35. The van der Waals surface area contributed by atoms with Crippen LogP contribution in [-0.2, 0) is 4.79 Å². The second kappa shape index (κ2) is 15.9. The fourth-order valence-electron chi connectivity index (χ4n) is 4.31. The van der Waals surface area contributed by atoms with E-state index in [2.05, 4.69) is 34.4 Å². The van der Waals surface area contributed by atoms with Gasteiger partial charge in [-0.25, -0.2) is 13.8 Å². The standard InChI is InChI=1S/C29H39F2N7S.CH2O2/c1-9-16(2)26(22(15-32)18(4)33-6)27(20-10-11-20)29(35-25-12-17(3)36-37-25)34-19(5)38(7)28-23(30)13-21(39-8)14-24(28)31;2-1-3/h12-15,20H,9-11,32H2,1-8H3,(H2,35,36,37);1H,(H,2,3)/b22-15+,26-16+,29-27+,33-18?,34-19+;. The third kappa shape index (κ3) is 8.54. The molecule has 1 aromatic carbocycles. The van der Waals surface area contributed by atoms with E-state index < -0.39 is 11.6 Å². The number of aryl methyl sites for hydroxylation is 1. The van der Waals surface area contributed by atoms with Crippen molar-refractivity contribution in [3.63, 3.8) is 0 Å². The summed E-state index contributed by atoms with van der Waals surface area (Å²) < 4.78 is 30.0. The minimum Gasteiger partial charge on any atom is -0.483 e. The second-order valence-corrected chi connectivity index (χ2v) is 10.6. The van der Waals surface area contributed by atoms with Crippen molar-refractivity contribution >= 4 is 41.3 Å². The van der Waals surface area contributed by atoms with Gasteiger partial charge in [-0.3, -0.25) is 14.9 Å². The number of aromatic amines is 1. The number of nitrogens with two attached hydrogens (primary N) is 1. The number of aliphatic imine (C=N–C) groups is 2. The topological polar surface area (TPSA) is 132 Å². The number of amidine groups is 1. The smallest absolute Gasteiger partial charge is 0.290 e. The number of aromatic nitrogens is 2. The molecule has 0 amide bonds. The zero-order valence-electron chi connectivity index (χ0n) is 25.5. The van der Waals surface area contributed by atoms with Gasteiger partial charge in [-0.2, -0.15) is 5.10 Å². The Balaban J connectivity index is 0.00000197. The van der Waals surface area contributed by atoms with Crippen LogP contribution < -0.4 is 16.0 Å². The molecule has 1 fully saturated rings. The molecular formula is C30H41F2N7O2S. The summed E-state index contributed by atoms with van der Waals surface area (Å²) in [4.78, 5) is 19.7. The lowest BCUT2D eigenvalue weighted by atomic mass is 9.87.